The van der Waals surface area contributed by atoms with Crippen LogP contribution >= 0.6 is 0 Å². The van der Waals surface area contributed by atoms with Gasteiger partial charge >= 0.3 is 5.97 Å². The van der Waals surface area contributed by atoms with Crippen LogP contribution in [0.15, 0.2) is 0 Å². The molecule has 0 aromatic heterocycles. The highest BCUT2D eigenvalue weighted by Gasteiger charge is 2.18. The third-order valence-corrected chi connectivity index (χ3v) is 3.31. The van der Waals surface area contributed by atoms with Crippen LogP contribution in [0.1, 0.15) is 87.0 Å². The fraction of sp³-hybridized carbons (Fsp3) is 0.944. The summed E-state index contributed by atoms with van der Waals surface area (Å²) in [6.45, 7) is 16.2. The second-order valence-electron chi connectivity index (χ2n) is 8.67. The molecule has 2 heteroatoms. The Morgan fingerprint density at radius 1 is 0.950 bits per heavy atom. The lowest BCUT2D eigenvalue weighted by atomic mass is 9.84. The molecule has 0 fully saturated rings. The van der Waals surface area contributed by atoms with Crippen molar-refractivity contribution < 1.29 is 9.53 Å². The summed E-state index contributed by atoms with van der Waals surface area (Å²) >= 11 is 0. The largest absolute Gasteiger partial charge is 0.466 e. The molecule has 0 rings (SSSR count). The van der Waals surface area contributed by atoms with E-state index in [1.54, 1.807) is 0 Å². The second-order valence-corrected chi connectivity index (χ2v) is 8.67. The minimum absolute atomic E-state index is 0.0300. The summed E-state index contributed by atoms with van der Waals surface area (Å²) in [5.74, 6) is 0.376. The lowest BCUT2D eigenvalue weighted by Gasteiger charge is -2.22. The van der Waals surface area contributed by atoms with Gasteiger partial charge in [-0.25, -0.2) is 0 Å². The molecule has 2 nitrogen and oxygen atoms in total. The van der Waals surface area contributed by atoms with Gasteiger partial charge in [-0.15, -0.1) is 0 Å². The average molecular weight is 284 g/mol. The predicted molar refractivity (Wildman–Crippen MR) is 86.7 cm³/mol. The van der Waals surface area contributed by atoms with Gasteiger partial charge in [0.1, 0.15) is 0 Å². The summed E-state index contributed by atoms with van der Waals surface area (Å²) in [6, 6.07) is 0. The number of hydrogen-bond acceptors (Lipinski definition) is 2. The zero-order chi connectivity index (χ0) is 15.8. The Hall–Kier alpha value is -0.530. The first-order chi connectivity index (χ1) is 8.99. The van der Waals surface area contributed by atoms with Crippen molar-refractivity contribution >= 4 is 5.97 Å². The fourth-order valence-electron chi connectivity index (χ4n) is 2.58. The van der Waals surface area contributed by atoms with Gasteiger partial charge < -0.3 is 4.74 Å². The topological polar surface area (TPSA) is 26.3 Å². The molecule has 0 N–H and O–H groups in total. The summed E-state index contributed by atoms with van der Waals surface area (Å²) in [6.07, 6.45) is 6.23. The van der Waals surface area contributed by atoms with Gasteiger partial charge in [-0.3, -0.25) is 4.79 Å². The first-order valence-electron chi connectivity index (χ1n) is 8.15. The molecule has 20 heavy (non-hydrogen) atoms. The van der Waals surface area contributed by atoms with Crippen LogP contribution in [0.5, 0.6) is 0 Å². The maximum Gasteiger partial charge on any atom is 0.306 e. The van der Waals surface area contributed by atoms with Crippen molar-refractivity contribution in [1.29, 1.82) is 0 Å². The molecular formula is C18H36O2. The first kappa shape index (κ1) is 19.5. The number of carbonyl (C=O) groups is 1. The second kappa shape index (κ2) is 8.69. The third kappa shape index (κ3) is 13.9. The van der Waals surface area contributed by atoms with Gasteiger partial charge in [0.25, 0.3) is 0 Å². The van der Waals surface area contributed by atoms with E-state index in [4.69, 9.17) is 4.74 Å². The van der Waals surface area contributed by atoms with Crippen LogP contribution in [-0.4, -0.2) is 12.6 Å². The van der Waals surface area contributed by atoms with Crippen LogP contribution in [0, 0.1) is 16.7 Å². The molecule has 0 amide bonds. The van der Waals surface area contributed by atoms with Gasteiger partial charge in [-0.1, -0.05) is 61.3 Å². The molecule has 0 aliphatic carbocycles. The minimum atomic E-state index is -0.0300. The molecule has 0 aromatic rings. The van der Waals surface area contributed by atoms with Gasteiger partial charge in [0, 0.05) is 6.42 Å². The number of carbonyl (C=O) groups excluding carboxylic acids is 1. The van der Waals surface area contributed by atoms with Gasteiger partial charge in [-0.05, 0) is 36.0 Å². The molecule has 0 aromatic carbocycles. The smallest absolute Gasteiger partial charge is 0.306 e. The number of esters is 1. The van der Waals surface area contributed by atoms with Crippen LogP contribution < -0.4 is 0 Å². The Balaban J connectivity index is 3.59. The molecular weight excluding hydrogens is 248 g/mol. The Morgan fingerprint density at radius 3 is 2.05 bits per heavy atom. The van der Waals surface area contributed by atoms with Crippen molar-refractivity contribution in [1.82, 2.24) is 0 Å². The maximum absolute atomic E-state index is 11.7. The minimum Gasteiger partial charge on any atom is -0.466 e. The van der Waals surface area contributed by atoms with Gasteiger partial charge in [0.2, 0.25) is 0 Å². The quantitative estimate of drug-likeness (QED) is 0.428. The normalized spacial score (nSPS) is 14.2. The molecule has 0 bridgehead atoms. The van der Waals surface area contributed by atoms with Crippen LogP contribution in [0.25, 0.3) is 0 Å². The molecule has 0 aliphatic rings. The molecule has 0 saturated carbocycles. The predicted octanol–water partition coefficient (Wildman–Crippen LogP) is 5.60. The van der Waals surface area contributed by atoms with E-state index in [1.807, 2.05) is 0 Å². The van der Waals surface area contributed by atoms with E-state index in [2.05, 4.69) is 48.5 Å². The lowest BCUT2D eigenvalue weighted by Crippen LogP contribution is -2.16. The van der Waals surface area contributed by atoms with Crippen molar-refractivity contribution in [2.45, 2.75) is 87.0 Å². The number of ether oxygens (including phenoxy) is 1. The molecule has 0 radical (unpaired) electrons. The summed E-state index contributed by atoms with van der Waals surface area (Å²) < 4.78 is 5.32. The van der Waals surface area contributed by atoms with E-state index in [9.17, 15) is 4.79 Å². The lowest BCUT2D eigenvalue weighted by molar-refractivity contribution is -0.144. The summed E-state index contributed by atoms with van der Waals surface area (Å²) in [7, 11) is 0. The van der Waals surface area contributed by atoms with E-state index >= 15 is 0 Å². The Morgan fingerprint density at radius 2 is 1.55 bits per heavy atom. The molecule has 0 heterocycles. The van der Waals surface area contributed by atoms with Crippen LogP contribution in [0.2, 0.25) is 0 Å². The monoisotopic (exact) mass is 284 g/mol. The van der Waals surface area contributed by atoms with E-state index in [0.29, 0.717) is 24.4 Å². The van der Waals surface area contributed by atoms with Crippen molar-refractivity contribution in [3.05, 3.63) is 0 Å². The highest BCUT2D eigenvalue weighted by molar-refractivity contribution is 5.69. The number of unbranched alkanes of at least 4 members (excludes halogenated alkanes) is 2. The Bertz CT molecular complexity index is 268. The SMILES string of the molecule is CC(CC(=O)OCCCCCC(C)(C)C)CC(C)(C)C. The van der Waals surface area contributed by atoms with Crippen molar-refractivity contribution in [3.63, 3.8) is 0 Å². The summed E-state index contributed by atoms with van der Waals surface area (Å²) in [5.41, 5.74) is 0.700. The molecule has 1 unspecified atom stereocenters. The molecule has 120 valence electrons. The average Bonchev–Trinajstić information content (AvgIpc) is 2.18. The molecule has 0 spiro atoms. The van der Waals surface area contributed by atoms with Gasteiger partial charge in [0.15, 0.2) is 0 Å². The highest BCUT2D eigenvalue weighted by atomic mass is 16.5. The van der Waals surface area contributed by atoms with E-state index in [1.165, 1.54) is 12.8 Å². The third-order valence-electron chi connectivity index (χ3n) is 3.31. The maximum atomic E-state index is 11.7. The fourth-order valence-corrected chi connectivity index (χ4v) is 2.58. The highest BCUT2D eigenvalue weighted by Crippen LogP contribution is 2.26. The molecule has 1 atom stereocenters. The summed E-state index contributed by atoms with van der Waals surface area (Å²) in [4.78, 5) is 11.7. The summed E-state index contributed by atoms with van der Waals surface area (Å²) in [5, 5.41) is 0. The number of hydrogen-bond donors (Lipinski definition) is 0. The first-order valence-corrected chi connectivity index (χ1v) is 8.15. The zero-order valence-electron chi connectivity index (χ0n) is 14.8. The van der Waals surface area contributed by atoms with Crippen LogP contribution in [-0.2, 0) is 9.53 Å². The van der Waals surface area contributed by atoms with E-state index < -0.39 is 0 Å². The number of rotatable bonds is 8. The van der Waals surface area contributed by atoms with Crippen molar-refractivity contribution in [3.8, 4) is 0 Å². The Kier molecular flexibility index (Phi) is 8.46. The van der Waals surface area contributed by atoms with Crippen molar-refractivity contribution in [2.75, 3.05) is 6.61 Å². The van der Waals surface area contributed by atoms with Crippen LogP contribution in [0.3, 0.4) is 0 Å². The van der Waals surface area contributed by atoms with Crippen LogP contribution in [0.4, 0.5) is 0 Å². The van der Waals surface area contributed by atoms with Gasteiger partial charge in [0.05, 0.1) is 6.61 Å². The standard InChI is InChI=1S/C18H36O2/c1-15(14-18(5,6)7)13-16(19)20-12-10-8-9-11-17(2,3)4/h15H,8-14H2,1-7H3. The van der Waals surface area contributed by atoms with E-state index in [-0.39, 0.29) is 11.4 Å². The van der Waals surface area contributed by atoms with E-state index in [0.717, 1.165) is 19.3 Å². The zero-order valence-corrected chi connectivity index (χ0v) is 14.8. The van der Waals surface area contributed by atoms with Gasteiger partial charge in [-0.2, -0.15) is 0 Å². The van der Waals surface area contributed by atoms with Crippen molar-refractivity contribution in [2.24, 2.45) is 16.7 Å². The molecule has 0 saturated heterocycles. The molecule has 0 aliphatic heterocycles. The Labute approximate surface area is 126 Å².